The first-order chi connectivity index (χ1) is 10.1. The molecule has 0 radical (unpaired) electrons. The van der Waals surface area contributed by atoms with Crippen LogP contribution in [0.1, 0.15) is 38.7 Å². The predicted molar refractivity (Wildman–Crippen MR) is 86.3 cm³/mol. The first kappa shape index (κ1) is 14.9. The lowest BCUT2D eigenvalue weighted by molar-refractivity contribution is 0.0290. The van der Waals surface area contributed by atoms with Crippen LogP contribution < -0.4 is 5.32 Å². The molecule has 3 nitrogen and oxygen atoms in total. The van der Waals surface area contributed by atoms with Gasteiger partial charge in [0.2, 0.25) is 0 Å². The van der Waals surface area contributed by atoms with Gasteiger partial charge in [-0.15, -0.1) is 0 Å². The highest BCUT2D eigenvalue weighted by atomic mass is 16.3. The van der Waals surface area contributed by atoms with Gasteiger partial charge in [0.25, 0.3) is 0 Å². The van der Waals surface area contributed by atoms with Crippen molar-refractivity contribution >= 4 is 0 Å². The molecule has 1 saturated heterocycles. The fourth-order valence-electron chi connectivity index (χ4n) is 4.08. The fraction of sp³-hybridized carbons (Fsp3) is 0.667. The minimum atomic E-state index is 0.348. The van der Waals surface area contributed by atoms with Gasteiger partial charge in [-0.25, -0.2) is 0 Å². The zero-order chi connectivity index (χ0) is 14.8. The Bertz CT molecular complexity index is 443. The summed E-state index contributed by atoms with van der Waals surface area (Å²) in [6, 6.07) is 8.93. The first-order valence-corrected chi connectivity index (χ1v) is 8.39. The van der Waals surface area contributed by atoms with Crippen molar-refractivity contribution < 1.29 is 5.11 Å². The number of aromatic hydroxyl groups is 1. The number of fused-ring (bicyclic) bond motifs is 2. The summed E-state index contributed by atoms with van der Waals surface area (Å²) in [5.74, 6) is 1.95. The van der Waals surface area contributed by atoms with Crippen LogP contribution >= 0.6 is 0 Å². The Hall–Kier alpha value is -1.06. The zero-order valence-electron chi connectivity index (χ0n) is 13.3. The number of phenolic OH excluding ortho intramolecular Hbond substituents is 1. The van der Waals surface area contributed by atoms with Gasteiger partial charge in [0.15, 0.2) is 0 Å². The summed E-state index contributed by atoms with van der Waals surface area (Å²) in [5, 5.41) is 13.2. The molecule has 1 aliphatic heterocycles. The number of hydrogen-bond donors (Lipinski definition) is 2. The van der Waals surface area contributed by atoms with Crippen molar-refractivity contribution in [1.82, 2.24) is 10.2 Å². The summed E-state index contributed by atoms with van der Waals surface area (Å²) in [5.41, 5.74) is 1.26. The molecular weight excluding hydrogens is 260 g/mol. The lowest BCUT2D eigenvalue weighted by Gasteiger charge is -2.49. The summed E-state index contributed by atoms with van der Waals surface area (Å²) in [7, 11) is 0. The summed E-state index contributed by atoms with van der Waals surface area (Å²) in [6.45, 7) is 8.06. The van der Waals surface area contributed by atoms with E-state index in [1.807, 2.05) is 12.1 Å². The van der Waals surface area contributed by atoms with Gasteiger partial charge < -0.3 is 15.3 Å². The highest BCUT2D eigenvalue weighted by molar-refractivity contribution is 5.25. The smallest absolute Gasteiger partial charge is 0.115 e. The second-order valence-electron chi connectivity index (χ2n) is 7.07. The monoisotopic (exact) mass is 288 g/mol. The minimum absolute atomic E-state index is 0.348. The van der Waals surface area contributed by atoms with Crippen molar-refractivity contribution in [3.63, 3.8) is 0 Å². The van der Waals surface area contributed by atoms with Gasteiger partial charge in [-0.05, 0) is 56.2 Å². The molecule has 2 aliphatic rings. The van der Waals surface area contributed by atoms with Crippen LogP contribution in [0.2, 0.25) is 0 Å². The van der Waals surface area contributed by atoms with Gasteiger partial charge in [-0.3, -0.25) is 0 Å². The molecule has 3 heteroatoms. The number of phenols is 1. The maximum Gasteiger partial charge on any atom is 0.115 e. The minimum Gasteiger partial charge on any atom is -0.508 e. The topological polar surface area (TPSA) is 35.5 Å². The highest BCUT2D eigenvalue weighted by Crippen LogP contribution is 2.35. The molecule has 2 atom stereocenters. The molecule has 3 rings (SSSR count). The molecule has 1 aromatic rings. The second-order valence-corrected chi connectivity index (χ2v) is 7.07. The van der Waals surface area contributed by atoms with Crippen LogP contribution in [0, 0.1) is 11.8 Å². The van der Waals surface area contributed by atoms with Crippen molar-refractivity contribution in [1.29, 1.82) is 0 Å². The third-order valence-electron chi connectivity index (χ3n) is 5.31. The summed E-state index contributed by atoms with van der Waals surface area (Å²) < 4.78 is 0. The normalized spacial score (nSPS) is 29.8. The molecule has 116 valence electrons. The Labute approximate surface area is 128 Å². The van der Waals surface area contributed by atoms with E-state index in [9.17, 15) is 5.11 Å². The summed E-state index contributed by atoms with van der Waals surface area (Å²) in [4.78, 5) is 2.66. The molecule has 21 heavy (non-hydrogen) atoms. The van der Waals surface area contributed by atoms with Crippen LogP contribution in [0.3, 0.4) is 0 Å². The molecule has 0 amide bonds. The van der Waals surface area contributed by atoms with Crippen LogP contribution in [0.15, 0.2) is 24.3 Å². The van der Waals surface area contributed by atoms with E-state index in [0.29, 0.717) is 17.8 Å². The molecule has 2 N–H and O–H groups in total. The zero-order valence-corrected chi connectivity index (χ0v) is 13.3. The van der Waals surface area contributed by atoms with Gasteiger partial charge in [0.1, 0.15) is 5.75 Å². The molecule has 0 aromatic heterocycles. The molecular formula is C18H28N2O. The lowest BCUT2D eigenvalue weighted by Crippen LogP contribution is -2.58. The molecule has 2 unspecified atom stereocenters. The fourth-order valence-corrected chi connectivity index (χ4v) is 4.08. The average Bonchev–Trinajstić information content (AvgIpc) is 2.45. The van der Waals surface area contributed by atoms with Crippen molar-refractivity contribution in [2.75, 3.05) is 13.1 Å². The molecule has 1 saturated carbocycles. The Morgan fingerprint density at radius 3 is 2.33 bits per heavy atom. The summed E-state index contributed by atoms with van der Waals surface area (Å²) >= 11 is 0. The maximum absolute atomic E-state index is 9.36. The molecule has 1 heterocycles. The van der Waals surface area contributed by atoms with Gasteiger partial charge in [-0.1, -0.05) is 18.6 Å². The van der Waals surface area contributed by atoms with Crippen LogP contribution in [-0.2, 0) is 6.54 Å². The molecule has 2 bridgehead atoms. The standard InChI is InChI=1S/C18H28N2O/c1-13(2)20-11-15-4-3-5-16(12-20)18(15)19-10-14-6-8-17(21)9-7-14/h6-9,13,15-16,18-19,21H,3-5,10-12H2,1-2H3. The van der Waals surface area contributed by atoms with Crippen molar-refractivity contribution in [3.05, 3.63) is 29.8 Å². The predicted octanol–water partition coefficient (Wildman–Crippen LogP) is 2.99. The number of piperidine rings is 1. The first-order valence-electron chi connectivity index (χ1n) is 8.39. The second kappa shape index (κ2) is 6.37. The lowest BCUT2D eigenvalue weighted by atomic mass is 9.73. The maximum atomic E-state index is 9.36. The summed E-state index contributed by atoms with van der Waals surface area (Å²) in [6.07, 6.45) is 4.14. The Kier molecular flexibility index (Phi) is 4.51. The van der Waals surface area contributed by atoms with E-state index in [4.69, 9.17) is 0 Å². The van der Waals surface area contributed by atoms with E-state index >= 15 is 0 Å². The number of nitrogens with zero attached hydrogens (tertiary/aromatic N) is 1. The Balaban J connectivity index is 1.61. The van der Waals surface area contributed by atoms with Gasteiger partial charge >= 0.3 is 0 Å². The number of hydrogen-bond acceptors (Lipinski definition) is 3. The SMILES string of the molecule is CC(C)N1CC2CCCC(C1)C2NCc1ccc(O)cc1. The molecule has 1 aliphatic carbocycles. The number of nitrogens with one attached hydrogen (secondary N) is 1. The van der Waals surface area contributed by atoms with E-state index in [1.165, 1.54) is 37.9 Å². The van der Waals surface area contributed by atoms with E-state index in [2.05, 4.69) is 24.1 Å². The number of likely N-dealkylation sites (tertiary alicyclic amines) is 1. The van der Waals surface area contributed by atoms with Crippen molar-refractivity contribution in [3.8, 4) is 5.75 Å². The number of rotatable bonds is 4. The van der Waals surface area contributed by atoms with Crippen molar-refractivity contribution in [2.24, 2.45) is 11.8 Å². The molecule has 0 spiro atoms. The van der Waals surface area contributed by atoms with E-state index in [1.54, 1.807) is 12.1 Å². The third kappa shape index (κ3) is 3.41. The van der Waals surface area contributed by atoms with Gasteiger partial charge in [0, 0.05) is 31.7 Å². The van der Waals surface area contributed by atoms with Crippen molar-refractivity contribution in [2.45, 2.75) is 51.7 Å². The third-order valence-corrected chi connectivity index (χ3v) is 5.31. The van der Waals surface area contributed by atoms with Gasteiger partial charge in [-0.2, -0.15) is 0 Å². The Morgan fingerprint density at radius 2 is 1.76 bits per heavy atom. The Morgan fingerprint density at radius 1 is 1.14 bits per heavy atom. The van der Waals surface area contributed by atoms with Crippen LogP contribution in [-0.4, -0.2) is 35.2 Å². The average molecular weight is 288 g/mol. The van der Waals surface area contributed by atoms with E-state index in [-0.39, 0.29) is 0 Å². The number of benzene rings is 1. The largest absolute Gasteiger partial charge is 0.508 e. The van der Waals surface area contributed by atoms with E-state index < -0.39 is 0 Å². The highest BCUT2D eigenvalue weighted by Gasteiger charge is 2.39. The molecule has 2 fully saturated rings. The van der Waals surface area contributed by atoms with Gasteiger partial charge in [0.05, 0.1) is 0 Å². The van der Waals surface area contributed by atoms with Crippen LogP contribution in [0.25, 0.3) is 0 Å². The van der Waals surface area contributed by atoms with E-state index in [0.717, 1.165) is 18.4 Å². The quantitative estimate of drug-likeness (QED) is 0.894. The van der Waals surface area contributed by atoms with Crippen LogP contribution in [0.5, 0.6) is 5.75 Å². The van der Waals surface area contributed by atoms with Crippen LogP contribution in [0.4, 0.5) is 0 Å². The molecule has 1 aromatic carbocycles.